The second-order valence-corrected chi connectivity index (χ2v) is 7.08. The van der Waals surface area contributed by atoms with E-state index in [1.54, 1.807) is 0 Å². The maximum Gasteiger partial charge on any atom is 0.237 e. The molecular formula is C16H29N3O. The van der Waals surface area contributed by atoms with Gasteiger partial charge < -0.3 is 11.1 Å². The van der Waals surface area contributed by atoms with Gasteiger partial charge in [-0.25, -0.2) is 0 Å². The minimum absolute atomic E-state index is 0.167. The van der Waals surface area contributed by atoms with Crippen LogP contribution >= 0.6 is 0 Å². The van der Waals surface area contributed by atoms with Gasteiger partial charge in [0.25, 0.3) is 0 Å². The number of amides is 1. The first-order chi connectivity index (χ1) is 9.66. The summed E-state index contributed by atoms with van der Waals surface area (Å²) in [5.74, 6) is 0.746. The second kappa shape index (κ2) is 5.64. The summed E-state index contributed by atoms with van der Waals surface area (Å²) in [6, 6.07) is 1.34. The average Bonchev–Trinajstić information content (AvgIpc) is 2.92. The maximum atomic E-state index is 11.8. The number of carbonyl (C=O) groups is 1. The van der Waals surface area contributed by atoms with Crippen molar-refractivity contribution in [2.75, 3.05) is 13.6 Å². The van der Waals surface area contributed by atoms with E-state index >= 15 is 0 Å². The van der Waals surface area contributed by atoms with E-state index in [0.717, 1.165) is 31.2 Å². The Labute approximate surface area is 122 Å². The van der Waals surface area contributed by atoms with E-state index in [0.29, 0.717) is 6.04 Å². The molecule has 4 heteroatoms. The first kappa shape index (κ1) is 14.3. The summed E-state index contributed by atoms with van der Waals surface area (Å²) in [5, 5.41) is 3.22. The van der Waals surface area contributed by atoms with Gasteiger partial charge in [0.15, 0.2) is 0 Å². The summed E-state index contributed by atoms with van der Waals surface area (Å²) in [4.78, 5) is 14.6. The summed E-state index contributed by atoms with van der Waals surface area (Å²) in [5.41, 5.74) is 5.19. The van der Waals surface area contributed by atoms with E-state index in [4.69, 9.17) is 5.73 Å². The third-order valence-electron chi connectivity index (χ3n) is 6.19. The number of hydrogen-bond acceptors (Lipinski definition) is 3. The first-order valence-corrected chi connectivity index (χ1v) is 8.41. The Bertz CT molecular complexity index is 371. The van der Waals surface area contributed by atoms with Crippen LogP contribution in [0.3, 0.4) is 0 Å². The monoisotopic (exact) mass is 279 g/mol. The van der Waals surface area contributed by atoms with Gasteiger partial charge in [-0.3, -0.25) is 9.69 Å². The molecule has 0 aromatic heterocycles. The van der Waals surface area contributed by atoms with Crippen LogP contribution in [0.5, 0.6) is 0 Å². The minimum Gasteiger partial charge on any atom is -0.368 e. The number of likely N-dealkylation sites (tertiary alicyclic amines) is 1. The van der Waals surface area contributed by atoms with Crippen molar-refractivity contribution in [1.29, 1.82) is 0 Å². The number of nitrogens with one attached hydrogen (secondary N) is 1. The van der Waals surface area contributed by atoms with Gasteiger partial charge in [-0.1, -0.05) is 12.8 Å². The Kier molecular flexibility index (Phi) is 4.04. The Hall–Kier alpha value is -0.610. The number of piperidine rings is 1. The van der Waals surface area contributed by atoms with Crippen LogP contribution in [-0.2, 0) is 4.79 Å². The zero-order valence-corrected chi connectivity index (χ0v) is 12.7. The summed E-state index contributed by atoms with van der Waals surface area (Å²) in [6.07, 6.45) is 11.3. The van der Waals surface area contributed by atoms with Gasteiger partial charge in [-0.05, 0) is 64.5 Å². The zero-order valence-electron chi connectivity index (χ0n) is 12.7. The van der Waals surface area contributed by atoms with Crippen LogP contribution in [-0.4, -0.2) is 42.0 Å². The number of likely N-dealkylation sites (N-methyl/N-ethyl adjacent to an activating group) is 1. The Morgan fingerprint density at radius 3 is 2.65 bits per heavy atom. The molecule has 2 aliphatic carbocycles. The van der Waals surface area contributed by atoms with E-state index < -0.39 is 5.54 Å². The van der Waals surface area contributed by atoms with Crippen LogP contribution in [0, 0.1) is 5.92 Å². The fourth-order valence-electron chi connectivity index (χ4n) is 4.99. The summed E-state index contributed by atoms with van der Waals surface area (Å²) in [6.45, 7) is 1.23. The van der Waals surface area contributed by atoms with E-state index in [1.807, 2.05) is 7.05 Å². The molecule has 3 N–H and O–H groups in total. The Balaban J connectivity index is 1.71. The minimum atomic E-state index is -0.452. The number of fused-ring (bicyclic) bond motifs is 1. The molecule has 0 aromatic rings. The highest BCUT2D eigenvalue weighted by atomic mass is 16.1. The molecule has 20 heavy (non-hydrogen) atoms. The van der Waals surface area contributed by atoms with E-state index in [2.05, 4.69) is 10.2 Å². The number of carbonyl (C=O) groups excluding carboxylic acids is 1. The van der Waals surface area contributed by atoms with Crippen LogP contribution in [0.1, 0.15) is 57.8 Å². The standard InChI is InChI=1S/C16H29N3O/c1-18-16(15(17)20)9-8-13(11-16)19-10-4-6-12-5-2-3-7-14(12)19/h12-14,18H,2-11H2,1H3,(H2,17,20)/t12-,13?,14-,16?/m1/s1. The van der Waals surface area contributed by atoms with Crippen molar-refractivity contribution in [1.82, 2.24) is 10.2 Å². The highest BCUT2D eigenvalue weighted by Gasteiger charge is 2.47. The molecule has 3 fully saturated rings. The normalized spacial score (nSPS) is 42.4. The highest BCUT2D eigenvalue weighted by Crippen LogP contribution is 2.41. The molecule has 1 aliphatic heterocycles. The smallest absolute Gasteiger partial charge is 0.237 e. The quantitative estimate of drug-likeness (QED) is 0.825. The van der Waals surface area contributed by atoms with Crippen molar-refractivity contribution in [2.45, 2.75) is 75.4 Å². The highest BCUT2D eigenvalue weighted by molar-refractivity contribution is 5.85. The van der Waals surface area contributed by atoms with Crippen molar-refractivity contribution >= 4 is 5.91 Å². The van der Waals surface area contributed by atoms with Crippen molar-refractivity contribution in [3.63, 3.8) is 0 Å². The molecule has 0 bridgehead atoms. The molecule has 0 radical (unpaired) electrons. The molecule has 4 nitrogen and oxygen atoms in total. The lowest BCUT2D eigenvalue weighted by Gasteiger charge is -2.47. The van der Waals surface area contributed by atoms with E-state index in [9.17, 15) is 4.79 Å². The molecule has 0 spiro atoms. The Morgan fingerprint density at radius 1 is 1.20 bits per heavy atom. The lowest BCUT2D eigenvalue weighted by atomic mass is 9.77. The van der Waals surface area contributed by atoms with Crippen molar-refractivity contribution < 1.29 is 4.79 Å². The van der Waals surface area contributed by atoms with Crippen LogP contribution in [0.25, 0.3) is 0 Å². The topological polar surface area (TPSA) is 58.4 Å². The van der Waals surface area contributed by atoms with E-state index in [-0.39, 0.29) is 5.91 Å². The first-order valence-electron chi connectivity index (χ1n) is 8.41. The predicted molar refractivity (Wildman–Crippen MR) is 80.3 cm³/mol. The molecule has 4 atom stereocenters. The molecule has 1 heterocycles. The molecule has 3 rings (SSSR count). The SMILES string of the molecule is CNC1(C(N)=O)CCC(N2CCC[C@H]3CCCC[C@H]32)C1. The van der Waals surface area contributed by atoms with Gasteiger partial charge in [0.05, 0.1) is 5.54 Å². The van der Waals surface area contributed by atoms with Gasteiger partial charge in [-0.2, -0.15) is 0 Å². The lowest BCUT2D eigenvalue weighted by Crippen LogP contribution is -2.55. The molecule has 1 saturated heterocycles. The van der Waals surface area contributed by atoms with Gasteiger partial charge in [0.1, 0.15) is 0 Å². The molecule has 0 aromatic carbocycles. The summed E-state index contributed by atoms with van der Waals surface area (Å²) < 4.78 is 0. The van der Waals surface area contributed by atoms with Gasteiger partial charge in [0.2, 0.25) is 5.91 Å². The van der Waals surface area contributed by atoms with Crippen molar-refractivity contribution in [3.8, 4) is 0 Å². The molecule has 114 valence electrons. The number of rotatable bonds is 3. The summed E-state index contributed by atoms with van der Waals surface area (Å²) in [7, 11) is 1.88. The molecule has 2 saturated carbocycles. The maximum absolute atomic E-state index is 11.8. The van der Waals surface area contributed by atoms with Crippen LogP contribution in [0.2, 0.25) is 0 Å². The fraction of sp³-hybridized carbons (Fsp3) is 0.938. The largest absolute Gasteiger partial charge is 0.368 e. The zero-order chi connectivity index (χ0) is 14.2. The van der Waals surface area contributed by atoms with Crippen molar-refractivity contribution in [2.24, 2.45) is 11.7 Å². The second-order valence-electron chi connectivity index (χ2n) is 7.08. The summed E-state index contributed by atoms with van der Waals surface area (Å²) >= 11 is 0. The molecule has 2 unspecified atom stereocenters. The molecule has 1 amide bonds. The van der Waals surface area contributed by atoms with Crippen LogP contribution in [0.4, 0.5) is 0 Å². The predicted octanol–water partition coefficient (Wildman–Crippen LogP) is 1.64. The lowest BCUT2D eigenvalue weighted by molar-refractivity contribution is -0.124. The Morgan fingerprint density at radius 2 is 1.95 bits per heavy atom. The van der Waals surface area contributed by atoms with Crippen molar-refractivity contribution in [3.05, 3.63) is 0 Å². The number of primary amides is 1. The van der Waals surface area contributed by atoms with Crippen LogP contribution in [0.15, 0.2) is 0 Å². The van der Waals surface area contributed by atoms with Gasteiger partial charge >= 0.3 is 0 Å². The average molecular weight is 279 g/mol. The van der Waals surface area contributed by atoms with E-state index in [1.165, 1.54) is 45.1 Å². The molecule has 3 aliphatic rings. The van der Waals surface area contributed by atoms with Gasteiger partial charge in [-0.15, -0.1) is 0 Å². The molecular weight excluding hydrogens is 250 g/mol. The van der Waals surface area contributed by atoms with Gasteiger partial charge in [0, 0.05) is 12.1 Å². The third kappa shape index (κ3) is 2.37. The van der Waals surface area contributed by atoms with Crippen LogP contribution < -0.4 is 11.1 Å². The fourth-order valence-corrected chi connectivity index (χ4v) is 4.99. The number of nitrogens with zero attached hydrogens (tertiary/aromatic N) is 1. The third-order valence-corrected chi connectivity index (χ3v) is 6.19. The number of hydrogen-bond donors (Lipinski definition) is 2. The number of nitrogens with two attached hydrogens (primary N) is 1.